The number of amides is 1. The van der Waals surface area contributed by atoms with Crippen LogP contribution in [-0.2, 0) is 6.54 Å². The van der Waals surface area contributed by atoms with Crippen LogP contribution in [0.25, 0.3) is 0 Å². The topological polar surface area (TPSA) is 57.8 Å². The molecule has 0 fully saturated rings. The van der Waals surface area contributed by atoms with Crippen LogP contribution in [0.4, 0.5) is 0 Å². The Hall–Kier alpha value is -1.81. The van der Waals surface area contributed by atoms with Gasteiger partial charge in [0.1, 0.15) is 5.69 Å². The van der Waals surface area contributed by atoms with E-state index in [1.165, 1.54) is 12.5 Å². The minimum Gasteiger partial charge on any atom is -0.347 e. The van der Waals surface area contributed by atoms with Crippen molar-refractivity contribution in [3.05, 3.63) is 53.1 Å². The van der Waals surface area contributed by atoms with Gasteiger partial charge in [-0.1, -0.05) is 23.7 Å². The van der Waals surface area contributed by atoms with E-state index >= 15 is 0 Å². The second kappa shape index (κ2) is 4.81. The number of nitrogens with zero attached hydrogens (tertiary/aromatic N) is 1. The van der Waals surface area contributed by atoms with Crippen LogP contribution in [0, 0.1) is 0 Å². The second-order valence-electron chi connectivity index (χ2n) is 3.27. The molecule has 5 heteroatoms. The van der Waals surface area contributed by atoms with Gasteiger partial charge < -0.3 is 10.3 Å². The normalized spacial score (nSPS) is 10.1. The van der Waals surface area contributed by atoms with Gasteiger partial charge >= 0.3 is 0 Å². The Balaban J connectivity index is 1.93. The quantitative estimate of drug-likeness (QED) is 0.855. The van der Waals surface area contributed by atoms with Crippen molar-refractivity contribution >= 4 is 17.5 Å². The summed E-state index contributed by atoms with van der Waals surface area (Å²) in [6.07, 6.45) is 2.95. The number of aromatic amines is 1. The Labute approximate surface area is 97.7 Å². The van der Waals surface area contributed by atoms with Gasteiger partial charge in [-0.2, -0.15) is 0 Å². The third kappa shape index (κ3) is 2.61. The molecule has 2 aromatic rings. The van der Waals surface area contributed by atoms with E-state index in [-0.39, 0.29) is 5.91 Å². The predicted octanol–water partition coefficient (Wildman–Crippen LogP) is 1.99. The maximum Gasteiger partial charge on any atom is 0.269 e. The SMILES string of the molecule is O=C(NCc1ccc(Cl)cc1)c1cnc[nH]1. The van der Waals surface area contributed by atoms with E-state index < -0.39 is 0 Å². The highest BCUT2D eigenvalue weighted by Crippen LogP contribution is 2.09. The van der Waals surface area contributed by atoms with Crippen molar-refractivity contribution in [3.63, 3.8) is 0 Å². The molecule has 1 aromatic carbocycles. The molecule has 82 valence electrons. The summed E-state index contributed by atoms with van der Waals surface area (Å²) < 4.78 is 0. The number of carbonyl (C=O) groups is 1. The van der Waals surface area contributed by atoms with E-state index in [2.05, 4.69) is 15.3 Å². The van der Waals surface area contributed by atoms with Crippen molar-refractivity contribution in [2.24, 2.45) is 0 Å². The first-order valence-electron chi connectivity index (χ1n) is 4.77. The molecule has 0 unspecified atom stereocenters. The van der Waals surface area contributed by atoms with E-state index in [4.69, 9.17) is 11.6 Å². The number of halogens is 1. The third-order valence-electron chi connectivity index (χ3n) is 2.11. The van der Waals surface area contributed by atoms with Crippen LogP contribution >= 0.6 is 11.6 Å². The smallest absolute Gasteiger partial charge is 0.269 e. The molecule has 1 aromatic heterocycles. The number of carbonyl (C=O) groups excluding carboxylic acids is 1. The number of aromatic nitrogens is 2. The summed E-state index contributed by atoms with van der Waals surface area (Å²) >= 11 is 5.75. The van der Waals surface area contributed by atoms with Crippen LogP contribution in [0.15, 0.2) is 36.8 Å². The lowest BCUT2D eigenvalue weighted by Gasteiger charge is -2.03. The molecule has 0 saturated heterocycles. The van der Waals surface area contributed by atoms with Crippen molar-refractivity contribution in [1.82, 2.24) is 15.3 Å². The highest BCUT2D eigenvalue weighted by molar-refractivity contribution is 6.30. The molecule has 1 amide bonds. The molecule has 2 rings (SSSR count). The lowest BCUT2D eigenvalue weighted by Crippen LogP contribution is -2.22. The Morgan fingerprint density at radius 3 is 2.75 bits per heavy atom. The minimum absolute atomic E-state index is 0.174. The summed E-state index contributed by atoms with van der Waals surface area (Å²) in [6, 6.07) is 7.32. The Bertz CT molecular complexity index is 464. The van der Waals surface area contributed by atoms with Gasteiger partial charge in [0, 0.05) is 11.6 Å². The number of nitrogens with one attached hydrogen (secondary N) is 2. The highest BCUT2D eigenvalue weighted by atomic mass is 35.5. The first-order chi connectivity index (χ1) is 7.75. The van der Waals surface area contributed by atoms with Crippen LogP contribution in [-0.4, -0.2) is 15.9 Å². The van der Waals surface area contributed by atoms with Crippen molar-refractivity contribution in [1.29, 1.82) is 0 Å². The maximum absolute atomic E-state index is 11.5. The summed E-state index contributed by atoms with van der Waals surface area (Å²) in [5.74, 6) is -0.174. The third-order valence-corrected chi connectivity index (χ3v) is 2.36. The van der Waals surface area contributed by atoms with Gasteiger partial charge in [-0.3, -0.25) is 4.79 Å². The van der Waals surface area contributed by atoms with E-state index in [0.717, 1.165) is 5.56 Å². The minimum atomic E-state index is -0.174. The number of hydrogen-bond donors (Lipinski definition) is 2. The Morgan fingerprint density at radius 1 is 1.38 bits per heavy atom. The lowest BCUT2D eigenvalue weighted by molar-refractivity contribution is 0.0946. The number of imidazole rings is 1. The maximum atomic E-state index is 11.5. The van der Waals surface area contributed by atoms with E-state index in [9.17, 15) is 4.79 Å². The molecule has 0 bridgehead atoms. The fourth-order valence-electron chi connectivity index (χ4n) is 1.26. The summed E-state index contributed by atoms with van der Waals surface area (Å²) in [5, 5.41) is 3.45. The van der Waals surface area contributed by atoms with Crippen LogP contribution in [0.2, 0.25) is 5.02 Å². The zero-order valence-electron chi connectivity index (χ0n) is 8.40. The Morgan fingerprint density at radius 2 is 2.12 bits per heavy atom. The summed E-state index contributed by atoms with van der Waals surface area (Å²) in [5.41, 5.74) is 1.45. The van der Waals surface area contributed by atoms with Crippen LogP contribution in [0.1, 0.15) is 16.1 Å². The molecule has 1 heterocycles. The van der Waals surface area contributed by atoms with E-state index in [0.29, 0.717) is 17.3 Å². The van der Waals surface area contributed by atoms with E-state index in [1.54, 1.807) is 12.1 Å². The number of benzene rings is 1. The average Bonchev–Trinajstić information content (AvgIpc) is 2.81. The molecule has 0 aliphatic rings. The first kappa shape index (κ1) is 10.7. The van der Waals surface area contributed by atoms with Crippen molar-refractivity contribution < 1.29 is 4.79 Å². The average molecular weight is 236 g/mol. The fourth-order valence-corrected chi connectivity index (χ4v) is 1.39. The first-order valence-corrected chi connectivity index (χ1v) is 5.14. The fraction of sp³-hybridized carbons (Fsp3) is 0.0909. The summed E-state index contributed by atoms with van der Waals surface area (Å²) in [4.78, 5) is 18.1. The Kier molecular flexibility index (Phi) is 3.22. The molecule has 0 aliphatic carbocycles. The van der Waals surface area contributed by atoms with Crippen LogP contribution in [0.3, 0.4) is 0 Å². The number of H-pyrrole nitrogens is 1. The molecule has 4 nitrogen and oxygen atoms in total. The summed E-state index contributed by atoms with van der Waals surface area (Å²) in [7, 11) is 0. The molecule has 16 heavy (non-hydrogen) atoms. The summed E-state index contributed by atoms with van der Waals surface area (Å²) in [6.45, 7) is 0.467. The largest absolute Gasteiger partial charge is 0.347 e. The van der Waals surface area contributed by atoms with Gasteiger partial charge in [0.05, 0.1) is 12.5 Å². The van der Waals surface area contributed by atoms with Crippen LogP contribution in [0.5, 0.6) is 0 Å². The molecular weight excluding hydrogens is 226 g/mol. The zero-order valence-corrected chi connectivity index (χ0v) is 9.16. The molecule has 0 atom stereocenters. The van der Waals surface area contributed by atoms with Gasteiger partial charge in [0.2, 0.25) is 0 Å². The highest BCUT2D eigenvalue weighted by Gasteiger charge is 2.05. The molecule has 0 spiro atoms. The molecular formula is C11H10ClN3O. The number of hydrogen-bond acceptors (Lipinski definition) is 2. The lowest BCUT2D eigenvalue weighted by atomic mass is 10.2. The molecule has 0 saturated carbocycles. The van der Waals surface area contributed by atoms with Gasteiger partial charge in [0.25, 0.3) is 5.91 Å². The van der Waals surface area contributed by atoms with Gasteiger partial charge in [-0.25, -0.2) is 4.98 Å². The second-order valence-corrected chi connectivity index (χ2v) is 3.71. The zero-order chi connectivity index (χ0) is 11.4. The number of rotatable bonds is 3. The van der Waals surface area contributed by atoms with Gasteiger partial charge in [0.15, 0.2) is 0 Å². The monoisotopic (exact) mass is 235 g/mol. The standard InChI is InChI=1S/C11H10ClN3O/c12-9-3-1-8(2-4-9)5-14-11(16)10-6-13-7-15-10/h1-4,6-7H,5H2,(H,13,15)(H,14,16). The molecule has 0 aliphatic heterocycles. The molecule has 2 N–H and O–H groups in total. The van der Waals surface area contributed by atoms with Crippen molar-refractivity contribution in [2.45, 2.75) is 6.54 Å². The van der Waals surface area contributed by atoms with Crippen molar-refractivity contribution in [3.8, 4) is 0 Å². The predicted molar refractivity (Wildman–Crippen MR) is 61.2 cm³/mol. The van der Waals surface area contributed by atoms with Gasteiger partial charge in [-0.15, -0.1) is 0 Å². The van der Waals surface area contributed by atoms with Crippen molar-refractivity contribution in [2.75, 3.05) is 0 Å². The van der Waals surface area contributed by atoms with Crippen LogP contribution < -0.4 is 5.32 Å². The molecule has 0 radical (unpaired) electrons. The van der Waals surface area contributed by atoms with E-state index in [1.807, 2.05) is 12.1 Å². The van der Waals surface area contributed by atoms with Gasteiger partial charge in [-0.05, 0) is 17.7 Å².